The Morgan fingerprint density at radius 2 is 2.40 bits per heavy atom. The zero-order valence-corrected chi connectivity index (χ0v) is 10.4. The summed E-state index contributed by atoms with van der Waals surface area (Å²) in [7, 11) is 0. The number of hydrogen-bond donors (Lipinski definition) is 2. The molecule has 0 radical (unpaired) electrons. The van der Waals surface area contributed by atoms with E-state index in [2.05, 4.69) is 37.8 Å². The fraction of sp³-hybridized carbons (Fsp3) is 0.250. The lowest BCUT2D eigenvalue weighted by molar-refractivity contribution is 0.202. The Hall–Kier alpha value is -0.600. The van der Waals surface area contributed by atoms with Crippen LogP contribution in [0.3, 0.4) is 0 Å². The summed E-state index contributed by atoms with van der Waals surface area (Å²) in [4.78, 5) is 3.99. The number of aliphatic hydroxyl groups is 1. The molecule has 2 aromatic heterocycles. The summed E-state index contributed by atoms with van der Waals surface area (Å²) in [6, 6.07) is 0. The Bertz CT molecular complexity index is 488. The van der Waals surface area contributed by atoms with Crippen molar-refractivity contribution in [1.82, 2.24) is 15.2 Å². The molecule has 0 bridgehead atoms. The van der Waals surface area contributed by atoms with Crippen LogP contribution in [-0.2, 0) is 0 Å². The molecule has 2 aromatic rings. The molecule has 0 amide bonds. The van der Waals surface area contributed by atoms with Crippen molar-refractivity contribution < 1.29 is 9.84 Å². The van der Waals surface area contributed by atoms with Crippen molar-refractivity contribution >= 4 is 45.1 Å². The Morgan fingerprint density at radius 3 is 3.13 bits per heavy atom. The van der Waals surface area contributed by atoms with Gasteiger partial charge < -0.3 is 9.84 Å². The fourth-order valence-corrected chi connectivity index (χ4v) is 1.91. The molecule has 80 valence electrons. The number of pyridine rings is 1. The van der Waals surface area contributed by atoms with E-state index in [9.17, 15) is 0 Å². The average Bonchev–Trinajstić information content (AvgIpc) is 2.59. The second kappa shape index (κ2) is 4.50. The van der Waals surface area contributed by atoms with E-state index in [1.807, 2.05) is 0 Å². The molecule has 0 aliphatic carbocycles. The van der Waals surface area contributed by atoms with Gasteiger partial charge in [0.05, 0.1) is 12.0 Å². The van der Waals surface area contributed by atoms with Crippen LogP contribution in [0.25, 0.3) is 10.9 Å². The van der Waals surface area contributed by atoms with Gasteiger partial charge in [-0.15, -0.1) is 0 Å². The number of halogens is 2. The van der Waals surface area contributed by atoms with Crippen LogP contribution in [0, 0.1) is 3.70 Å². The highest BCUT2D eigenvalue weighted by molar-refractivity contribution is 14.1. The molecule has 0 saturated heterocycles. The number of ether oxygens (including phenoxy) is 1. The number of aromatic amines is 1. The summed E-state index contributed by atoms with van der Waals surface area (Å²) in [5.41, 5.74) is 0.702. The van der Waals surface area contributed by atoms with Crippen LogP contribution in [0.15, 0.2) is 6.20 Å². The van der Waals surface area contributed by atoms with Crippen molar-refractivity contribution in [2.24, 2.45) is 0 Å². The van der Waals surface area contributed by atoms with Crippen LogP contribution in [0.1, 0.15) is 0 Å². The predicted octanol–water partition coefficient (Wildman–Crippen LogP) is 1.59. The third-order valence-corrected chi connectivity index (χ3v) is 2.91. The maximum atomic E-state index is 8.68. The van der Waals surface area contributed by atoms with E-state index < -0.39 is 0 Å². The number of aromatic nitrogens is 3. The van der Waals surface area contributed by atoms with E-state index in [0.29, 0.717) is 11.3 Å². The van der Waals surface area contributed by atoms with Gasteiger partial charge in [0, 0.05) is 6.20 Å². The zero-order chi connectivity index (χ0) is 10.8. The van der Waals surface area contributed by atoms with Gasteiger partial charge in [-0.05, 0) is 22.6 Å². The van der Waals surface area contributed by atoms with Gasteiger partial charge in [-0.25, -0.2) is 4.98 Å². The molecule has 0 saturated carbocycles. The lowest BCUT2D eigenvalue weighted by Crippen LogP contribution is -2.03. The van der Waals surface area contributed by atoms with Crippen LogP contribution in [0.5, 0.6) is 5.75 Å². The first-order valence-electron chi connectivity index (χ1n) is 4.15. The van der Waals surface area contributed by atoms with E-state index in [-0.39, 0.29) is 18.4 Å². The summed E-state index contributed by atoms with van der Waals surface area (Å²) in [5, 5.41) is 16.6. The van der Waals surface area contributed by atoms with Crippen LogP contribution < -0.4 is 4.74 Å². The Morgan fingerprint density at radius 1 is 1.60 bits per heavy atom. The monoisotopic (exact) mass is 339 g/mol. The minimum absolute atomic E-state index is 0.0715. The highest BCUT2D eigenvalue weighted by Crippen LogP contribution is 2.31. The molecule has 0 aliphatic heterocycles. The summed E-state index contributed by atoms with van der Waals surface area (Å²) >= 11 is 7.97. The number of fused-ring (bicyclic) bond motifs is 1. The summed E-state index contributed by atoms with van der Waals surface area (Å²) in [5.74, 6) is 0.429. The van der Waals surface area contributed by atoms with Gasteiger partial charge in [-0.2, -0.15) is 5.10 Å². The van der Waals surface area contributed by atoms with Gasteiger partial charge in [0.15, 0.2) is 10.9 Å². The first kappa shape index (κ1) is 10.9. The van der Waals surface area contributed by atoms with Gasteiger partial charge in [0.25, 0.3) is 0 Å². The number of H-pyrrole nitrogens is 1. The van der Waals surface area contributed by atoms with Gasteiger partial charge in [-0.1, -0.05) is 11.6 Å². The standard InChI is InChI=1S/C8H7ClIN3O2/c9-7-6(15-2-1-14)5-4(3-11-7)8(10)13-12-5/h3,14H,1-2H2,(H,12,13). The smallest absolute Gasteiger partial charge is 0.182 e. The van der Waals surface area contributed by atoms with E-state index >= 15 is 0 Å². The summed E-state index contributed by atoms with van der Waals surface area (Å²) in [6.07, 6.45) is 1.63. The molecule has 5 nitrogen and oxygen atoms in total. The predicted molar refractivity (Wildman–Crippen MR) is 64.2 cm³/mol. The molecule has 2 N–H and O–H groups in total. The molecule has 15 heavy (non-hydrogen) atoms. The number of hydrogen-bond acceptors (Lipinski definition) is 4. The summed E-state index contributed by atoms with van der Waals surface area (Å²) in [6.45, 7) is 0.105. The van der Waals surface area contributed by atoms with E-state index in [1.165, 1.54) is 0 Å². The molecule has 7 heteroatoms. The third-order valence-electron chi connectivity index (χ3n) is 1.82. The average molecular weight is 340 g/mol. The van der Waals surface area contributed by atoms with Crippen LogP contribution >= 0.6 is 34.2 Å². The van der Waals surface area contributed by atoms with Crippen LogP contribution in [0.2, 0.25) is 5.15 Å². The molecule has 0 aromatic carbocycles. The first-order chi connectivity index (χ1) is 7.24. The topological polar surface area (TPSA) is 71.0 Å². The lowest BCUT2D eigenvalue weighted by Gasteiger charge is -2.06. The van der Waals surface area contributed by atoms with Crippen molar-refractivity contribution in [3.63, 3.8) is 0 Å². The number of nitrogens with zero attached hydrogens (tertiary/aromatic N) is 2. The van der Waals surface area contributed by atoms with Gasteiger partial charge in [0.2, 0.25) is 0 Å². The van der Waals surface area contributed by atoms with Crippen LogP contribution in [0.4, 0.5) is 0 Å². The van der Waals surface area contributed by atoms with Gasteiger partial charge in [-0.3, -0.25) is 5.10 Å². The Kier molecular flexibility index (Phi) is 3.27. The number of aliphatic hydroxyl groups excluding tert-OH is 1. The number of nitrogens with one attached hydrogen (secondary N) is 1. The molecule has 0 aliphatic rings. The second-order valence-corrected chi connectivity index (χ2v) is 4.13. The van der Waals surface area contributed by atoms with Gasteiger partial charge >= 0.3 is 0 Å². The van der Waals surface area contributed by atoms with E-state index in [1.54, 1.807) is 6.20 Å². The molecular formula is C8H7ClIN3O2. The summed E-state index contributed by atoms with van der Waals surface area (Å²) < 4.78 is 6.10. The Balaban J connectivity index is 2.53. The minimum Gasteiger partial charge on any atom is -0.486 e. The fourth-order valence-electron chi connectivity index (χ4n) is 1.18. The quantitative estimate of drug-likeness (QED) is 0.658. The second-order valence-electron chi connectivity index (χ2n) is 2.75. The van der Waals surface area contributed by atoms with Crippen molar-refractivity contribution in [3.05, 3.63) is 15.1 Å². The largest absolute Gasteiger partial charge is 0.486 e. The SMILES string of the molecule is OCCOc1c(Cl)ncc2c(I)n[nH]c12. The van der Waals surface area contributed by atoms with Gasteiger partial charge in [0.1, 0.15) is 15.8 Å². The zero-order valence-electron chi connectivity index (χ0n) is 7.50. The molecule has 2 heterocycles. The highest BCUT2D eigenvalue weighted by Gasteiger charge is 2.13. The van der Waals surface area contributed by atoms with Crippen molar-refractivity contribution in [2.75, 3.05) is 13.2 Å². The molecule has 0 atom stereocenters. The lowest BCUT2D eigenvalue weighted by atomic mass is 10.3. The minimum atomic E-state index is -0.0715. The van der Waals surface area contributed by atoms with Crippen molar-refractivity contribution in [2.45, 2.75) is 0 Å². The van der Waals surface area contributed by atoms with Crippen molar-refractivity contribution in [3.8, 4) is 5.75 Å². The highest BCUT2D eigenvalue weighted by atomic mass is 127. The molecule has 2 rings (SSSR count). The normalized spacial score (nSPS) is 10.9. The van der Waals surface area contributed by atoms with Crippen molar-refractivity contribution in [1.29, 1.82) is 0 Å². The first-order valence-corrected chi connectivity index (χ1v) is 5.61. The molecule has 0 fully saturated rings. The maximum Gasteiger partial charge on any atom is 0.182 e. The maximum absolute atomic E-state index is 8.68. The van der Waals surface area contributed by atoms with E-state index in [4.69, 9.17) is 21.4 Å². The van der Waals surface area contributed by atoms with E-state index in [0.717, 1.165) is 9.09 Å². The molecule has 0 unspecified atom stereocenters. The molecule has 0 spiro atoms. The molecular weight excluding hydrogens is 332 g/mol. The third kappa shape index (κ3) is 2.01. The Labute approximate surface area is 104 Å². The van der Waals surface area contributed by atoms with Crippen LogP contribution in [-0.4, -0.2) is 33.5 Å². The number of rotatable bonds is 3.